The number of thiazole rings is 1. The van der Waals surface area contributed by atoms with E-state index in [1.54, 1.807) is 11.3 Å². The van der Waals surface area contributed by atoms with Crippen molar-refractivity contribution in [2.24, 2.45) is 0 Å². The normalized spacial score (nSPS) is 21.2. The minimum atomic E-state index is -0.439. The Morgan fingerprint density at radius 3 is 2.52 bits per heavy atom. The van der Waals surface area contributed by atoms with E-state index in [2.05, 4.69) is 45.7 Å². The van der Waals surface area contributed by atoms with Gasteiger partial charge in [-0.1, -0.05) is 30.3 Å². The topological polar surface area (TPSA) is 65.5 Å². The van der Waals surface area contributed by atoms with Crippen molar-refractivity contribution < 1.29 is 9.18 Å². The molecule has 3 aromatic rings. The zero-order valence-electron chi connectivity index (χ0n) is 18.8. The molecule has 1 aromatic carbocycles. The van der Waals surface area contributed by atoms with E-state index >= 15 is 0 Å². The van der Waals surface area contributed by atoms with Crippen LogP contribution in [0.2, 0.25) is 0 Å². The average molecular weight is 467 g/mol. The SMILES string of the molecule is C[C@@H]1CN(c2ncc(F)cn2)C[C@H](C)N1CC(=O)N1CCc2nc(-c3ccccc3)sc2C1. The monoisotopic (exact) mass is 466 g/mol. The highest BCUT2D eigenvalue weighted by Gasteiger charge is 2.34. The van der Waals surface area contributed by atoms with E-state index in [-0.39, 0.29) is 18.0 Å². The molecular weight excluding hydrogens is 439 g/mol. The van der Waals surface area contributed by atoms with Crippen LogP contribution in [0.5, 0.6) is 0 Å². The number of carbonyl (C=O) groups excluding carboxylic acids is 1. The minimum Gasteiger partial charge on any atom is -0.338 e. The second-order valence-corrected chi connectivity index (χ2v) is 9.88. The summed E-state index contributed by atoms with van der Waals surface area (Å²) in [7, 11) is 0. The fourth-order valence-corrected chi connectivity index (χ4v) is 5.80. The number of fused-ring (bicyclic) bond motifs is 1. The molecule has 0 saturated carbocycles. The lowest BCUT2D eigenvalue weighted by molar-refractivity contribution is -0.134. The largest absolute Gasteiger partial charge is 0.338 e. The predicted octanol–water partition coefficient (Wildman–Crippen LogP) is 3.22. The van der Waals surface area contributed by atoms with E-state index in [1.807, 2.05) is 23.1 Å². The molecule has 5 rings (SSSR count). The molecule has 2 aromatic heterocycles. The van der Waals surface area contributed by atoms with E-state index < -0.39 is 5.82 Å². The molecule has 2 aliphatic rings. The number of amides is 1. The van der Waals surface area contributed by atoms with Crippen LogP contribution in [0.4, 0.5) is 10.3 Å². The summed E-state index contributed by atoms with van der Waals surface area (Å²) in [6.07, 6.45) is 3.19. The maximum absolute atomic E-state index is 13.2. The quantitative estimate of drug-likeness (QED) is 0.588. The summed E-state index contributed by atoms with van der Waals surface area (Å²) in [5.41, 5.74) is 2.25. The molecule has 1 amide bonds. The Kier molecular flexibility index (Phi) is 6.07. The first-order valence-electron chi connectivity index (χ1n) is 11.3. The summed E-state index contributed by atoms with van der Waals surface area (Å²) >= 11 is 1.69. The molecule has 0 radical (unpaired) electrons. The van der Waals surface area contributed by atoms with E-state index in [0.29, 0.717) is 38.7 Å². The van der Waals surface area contributed by atoms with Gasteiger partial charge in [0, 0.05) is 48.6 Å². The number of hydrogen-bond donors (Lipinski definition) is 0. The first-order chi connectivity index (χ1) is 16.0. The fraction of sp³-hybridized carbons (Fsp3) is 0.417. The van der Waals surface area contributed by atoms with Gasteiger partial charge in [0.2, 0.25) is 11.9 Å². The highest BCUT2D eigenvalue weighted by atomic mass is 32.1. The molecule has 33 heavy (non-hydrogen) atoms. The molecule has 0 bridgehead atoms. The second kappa shape index (κ2) is 9.15. The molecule has 4 heterocycles. The molecule has 0 unspecified atom stereocenters. The van der Waals surface area contributed by atoms with Crippen molar-refractivity contribution in [3.05, 3.63) is 59.1 Å². The van der Waals surface area contributed by atoms with Crippen LogP contribution in [0.1, 0.15) is 24.4 Å². The molecule has 1 fully saturated rings. The summed E-state index contributed by atoms with van der Waals surface area (Å²) in [5.74, 6) is 0.246. The van der Waals surface area contributed by atoms with Crippen LogP contribution < -0.4 is 4.90 Å². The molecule has 2 atom stereocenters. The van der Waals surface area contributed by atoms with Crippen molar-refractivity contribution in [2.75, 3.05) is 31.1 Å². The van der Waals surface area contributed by atoms with Crippen molar-refractivity contribution in [3.8, 4) is 10.6 Å². The van der Waals surface area contributed by atoms with Crippen molar-refractivity contribution in [3.63, 3.8) is 0 Å². The van der Waals surface area contributed by atoms with Crippen molar-refractivity contribution in [2.45, 2.75) is 38.9 Å². The van der Waals surface area contributed by atoms with Gasteiger partial charge in [0.05, 0.1) is 31.2 Å². The standard InChI is InChI=1S/C24H27FN6OS/c1-16-12-30(24-26-10-19(25)11-27-24)13-17(2)31(16)15-22(32)29-9-8-20-21(14-29)33-23(28-20)18-6-4-3-5-7-18/h3-7,10-11,16-17H,8-9,12-15H2,1-2H3/t16-,17+. The van der Waals surface area contributed by atoms with Crippen LogP contribution >= 0.6 is 11.3 Å². The van der Waals surface area contributed by atoms with Crippen LogP contribution in [-0.4, -0.2) is 68.9 Å². The second-order valence-electron chi connectivity index (χ2n) is 8.80. The van der Waals surface area contributed by atoms with Gasteiger partial charge in [-0.3, -0.25) is 9.69 Å². The Hall–Kier alpha value is -2.91. The number of anilines is 1. The third kappa shape index (κ3) is 4.60. The van der Waals surface area contributed by atoms with Crippen LogP contribution in [0, 0.1) is 5.82 Å². The number of aromatic nitrogens is 3. The number of halogens is 1. The first-order valence-corrected chi connectivity index (χ1v) is 12.1. The first kappa shape index (κ1) is 21.9. The van der Waals surface area contributed by atoms with Gasteiger partial charge in [-0.25, -0.2) is 19.3 Å². The van der Waals surface area contributed by atoms with E-state index in [0.717, 1.165) is 22.7 Å². The van der Waals surface area contributed by atoms with E-state index in [4.69, 9.17) is 4.98 Å². The lowest BCUT2D eigenvalue weighted by Gasteiger charge is -2.44. The predicted molar refractivity (Wildman–Crippen MR) is 127 cm³/mol. The third-order valence-electron chi connectivity index (χ3n) is 6.41. The summed E-state index contributed by atoms with van der Waals surface area (Å²) < 4.78 is 13.2. The Bertz CT molecular complexity index is 1110. The van der Waals surface area contributed by atoms with Gasteiger partial charge in [0.25, 0.3) is 0 Å². The molecule has 0 N–H and O–H groups in total. The third-order valence-corrected chi connectivity index (χ3v) is 7.55. The number of carbonyl (C=O) groups is 1. The molecule has 7 nitrogen and oxygen atoms in total. The minimum absolute atomic E-state index is 0.153. The van der Waals surface area contributed by atoms with Crippen LogP contribution in [-0.2, 0) is 17.8 Å². The molecule has 2 aliphatic heterocycles. The molecule has 0 aliphatic carbocycles. The van der Waals surface area contributed by atoms with Gasteiger partial charge < -0.3 is 9.80 Å². The average Bonchev–Trinajstić information content (AvgIpc) is 3.26. The Labute approximate surface area is 196 Å². The molecule has 1 saturated heterocycles. The summed E-state index contributed by atoms with van der Waals surface area (Å²) in [5, 5.41) is 1.02. The smallest absolute Gasteiger partial charge is 0.237 e. The van der Waals surface area contributed by atoms with Crippen LogP contribution in [0.25, 0.3) is 10.6 Å². The van der Waals surface area contributed by atoms with Crippen LogP contribution in [0.3, 0.4) is 0 Å². The number of piperazine rings is 1. The highest BCUT2D eigenvalue weighted by Crippen LogP contribution is 2.31. The van der Waals surface area contributed by atoms with E-state index in [1.165, 1.54) is 17.3 Å². The van der Waals surface area contributed by atoms with Crippen molar-refractivity contribution >= 4 is 23.2 Å². The summed E-state index contributed by atoms with van der Waals surface area (Å²) in [4.78, 5) is 33.7. The fourth-order valence-electron chi connectivity index (χ4n) is 4.67. The highest BCUT2D eigenvalue weighted by molar-refractivity contribution is 7.15. The number of nitrogens with zero attached hydrogens (tertiary/aromatic N) is 6. The lowest BCUT2D eigenvalue weighted by atomic mass is 10.1. The number of benzene rings is 1. The molecular formula is C24H27FN6OS. The van der Waals surface area contributed by atoms with Gasteiger partial charge in [-0.15, -0.1) is 11.3 Å². The molecule has 172 valence electrons. The zero-order chi connectivity index (χ0) is 22.9. The van der Waals surface area contributed by atoms with Gasteiger partial charge in [0.15, 0.2) is 5.82 Å². The van der Waals surface area contributed by atoms with E-state index in [9.17, 15) is 9.18 Å². The summed E-state index contributed by atoms with van der Waals surface area (Å²) in [6, 6.07) is 10.5. The van der Waals surface area contributed by atoms with Crippen molar-refractivity contribution in [1.82, 2.24) is 24.8 Å². The van der Waals surface area contributed by atoms with Crippen LogP contribution in [0.15, 0.2) is 42.7 Å². The van der Waals surface area contributed by atoms with Crippen molar-refractivity contribution in [1.29, 1.82) is 0 Å². The summed E-state index contributed by atoms with van der Waals surface area (Å²) in [6.45, 7) is 7.35. The van der Waals surface area contributed by atoms with Gasteiger partial charge in [0.1, 0.15) is 5.01 Å². The Morgan fingerprint density at radius 1 is 1.12 bits per heavy atom. The number of rotatable bonds is 4. The Balaban J connectivity index is 1.22. The molecule has 0 spiro atoms. The van der Waals surface area contributed by atoms with Gasteiger partial charge in [-0.2, -0.15) is 0 Å². The number of hydrogen-bond acceptors (Lipinski definition) is 7. The van der Waals surface area contributed by atoms with Gasteiger partial charge in [-0.05, 0) is 13.8 Å². The maximum atomic E-state index is 13.2. The Morgan fingerprint density at radius 2 is 1.82 bits per heavy atom. The zero-order valence-corrected chi connectivity index (χ0v) is 19.6. The molecule has 9 heteroatoms. The lowest BCUT2D eigenvalue weighted by Crippen LogP contribution is -2.59. The van der Waals surface area contributed by atoms with Gasteiger partial charge >= 0.3 is 0 Å². The maximum Gasteiger partial charge on any atom is 0.237 e.